The van der Waals surface area contributed by atoms with Gasteiger partial charge in [0.2, 0.25) is 0 Å². The van der Waals surface area contributed by atoms with E-state index in [1.807, 2.05) is 32.0 Å². The van der Waals surface area contributed by atoms with Gasteiger partial charge in [-0.25, -0.2) is 0 Å². The van der Waals surface area contributed by atoms with Crippen LogP contribution >= 0.6 is 11.3 Å². The van der Waals surface area contributed by atoms with Gasteiger partial charge in [-0.15, -0.1) is 0 Å². The Morgan fingerprint density at radius 1 is 1.30 bits per heavy atom. The fraction of sp³-hybridized carbons (Fsp3) is 0.312. The van der Waals surface area contributed by atoms with Crippen molar-refractivity contribution in [2.24, 2.45) is 0 Å². The van der Waals surface area contributed by atoms with Crippen LogP contribution in [-0.2, 0) is 6.42 Å². The van der Waals surface area contributed by atoms with Crippen molar-refractivity contribution in [2.75, 3.05) is 18.4 Å². The van der Waals surface area contributed by atoms with Crippen molar-refractivity contribution in [3.8, 4) is 0 Å². The van der Waals surface area contributed by atoms with Gasteiger partial charge < -0.3 is 10.6 Å². The van der Waals surface area contributed by atoms with E-state index in [1.54, 1.807) is 11.3 Å². The van der Waals surface area contributed by atoms with E-state index in [2.05, 4.69) is 27.5 Å². The van der Waals surface area contributed by atoms with Crippen molar-refractivity contribution in [1.82, 2.24) is 5.32 Å². The predicted molar refractivity (Wildman–Crippen MR) is 85.7 cm³/mol. The Labute approximate surface area is 124 Å². The summed E-state index contributed by atoms with van der Waals surface area (Å²) in [6.45, 7) is 5.49. The molecule has 1 aromatic heterocycles. The first-order chi connectivity index (χ1) is 9.70. The number of benzene rings is 1. The molecule has 2 aromatic rings. The van der Waals surface area contributed by atoms with Gasteiger partial charge in [-0.1, -0.05) is 11.6 Å². The van der Waals surface area contributed by atoms with Crippen molar-refractivity contribution in [3.05, 3.63) is 51.7 Å². The summed E-state index contributed by atoms with van der Waals surface area (Å²) < 4.78 is 0. The molecule has 0 saturated heterocycles. The molecule has 0 bridgehead atoms. The molecule has 0 radical (unpaired) electrons. The van der Waals surface area contributed by atoms with E-state index in [9.17, 15) is 4.79 Å². The van der Waals surface area contributed by atoms with Crippen LogP contribution in [0.1, 0.15) is 28.4 Å². The van der Waals surface area contributed by atoms with E-state index in [4.69, 9.17) is 0 Å². The molecule has 2 N–H and O–H groups in total. The molecule has 0 atom stereocenters. The van der Waals surface area contributed by atoms with Crippen LogP contribution in [0, 0.1) is 6.92 Å². The van der Waals surface area contributed by atoms with E-state index < -0.39 is 0 Å². The minimum absolute atomic E-state index is 0.0140. The molecular weight excluding hydrogens is 268 g/mol. The molecule has 106 valence electrons. The molecule has 20 heavy (non-hydrogen) atoms. The van der Waals surface area contributed by atoms with Gasteiger partial charge in [0.1, 0.15) is 0 Å². The maximum absolute atomic E-state index is 12.3. The second-order valence-electron chi connectivity index (χ2n) is 4.72. The Morgan fingerprint density at radius 3 is 2.85 bits per heavy atom. The minimum Gasteiger partial charge on any atom is -0.385 e. The molecule has 0 aliphatic rings. The normalized spacial score (nSPS) is 10.3. The van der Waals surface area contributed by atoms with Crippen molar-refractivity contribution in [3.63, 3.8) is 0 Å². The second-order valence-corrected chi connectivity index (χ2v) is 5.50. The quantitative estimate of drug-likeness (QED) is 0.854. The number of amides is 1. The highest BCUT2D eigenvalue weighted by atomic mass is 32.1. The summed E-state index contributed by atoms with van der Waals surface area (Å²) in [5, 5.41) is 10.4. The summed E-state index contributed by atoms with van der Waals surface area (Å²) in [4.78, 5) is 12.3. The van der Waals surface area contributed by atoms with Gasteiger partial charge in [0.05, 0.1) is 5.56 Å². The smallest absolute Gasteiger partial charge is 0.253 e. The summed E-state index contributed by atoms with van der Waals surface area (Å²) in [6.07, 6.45) is 0.873. The molecular formula is C16H20N2OS. The van der Waals surface area contributed by atoms with Crippen LogP contribution in [0.25, 0.3) is 0 Å². The summed E-state index contributed by atoms with van der Waals surface area (Å²) in [5.41, 5.74) is 3.98. The third kappa shape index (κ3) is 3.84. The van der Waals surface area contributed by atoms with Crippen LogP contribution in [0.5, 0.6) is 0 Å². The van der Waals surface area contributed by atoms with Crippen LogP contribution in [0.3, 0.4) is 0 Å². The lowest BCUT2D eigenvalue weighted by atomic mass is 10.1. The third-order valence-electron chi connectivity index (χ3n) is 3.07. The molecule has 0 spiro atoms. The number of hydrogen-bond donors (Lipinski definition) is 2. The van der Waals surface area contributed by atoms with Gasteiger partial charge in [-0.3, -0.25) is 4.79 Å². The van der Waals surface area contributed by atoms with Gasteiger partial charge >= 0.3 is 0 Å². The average molecular weight is 288 g/mol. The van der Waals surface area contributed by atoms with Crippen LogP contribution in [-0.4, -0.2) is 19.0 Å². The van der Waals surface area contributed by atoms with Crippen molar-refractivity contribution >= 4 is 22.9 Å². The lowest BCUT2D eigenvalue weighted by molar-refractivity contribution is 0.0955. The van der Waals surface area contributed by atoms with Gasteiger partial charge in [-0.05, 0) is 54.8 Å². The average Bonchev–Trinajstić information content (AvgIpc) is 2.94. The first-order valence-electron chi connectivity index (χ1n) is 6.84. The molecule has 1 amide bonds. The minimum atomic E-state index is -0.0140. The molecule has 0 unspecified atom stereocenters. The Kier molecular flexibility index (Phi) is 5.18. The fourth-order valence-electron chi connectivity index (χ4n) is 2.04. The zero-order chi connectivity index (χ0) is 14.4. The number of rotatable bonds is 6. The number of aryl methyl sites for hydroxylation is 1. The van der Waals surface area contributed by atoms with Gasteiger partial charge in [0, 0.05) is 18.8 Å². The number of nitrogens with one attached hydrogen (secondary N) is 2. The molecule has 0 aliphatic carbocycles. The standard InChI is InChI=1S/C16H20N2OS/c1-3-17-15-5-4-12(2)10-14(15)16(19)18-8-6-13-7-9-20-11-13/h4-5,7,9-11,17H,3,6,8H2,1-2H3,(H,18,19). The molecule has 2 rings (SSSR count). The zero-order valence-electron chi connectivity index (χ0n) is 11.9. The van der Waals surface area contributed by atoms with Crippen molar-refractivity contribution < 1.29 is 4.79 Å². The lowest BCUT2D eigenvalue weighted by Gasteiger charge is -2.12. The van der Waals surface area contributed by atoms with E-state index in [1.165, 1.54) is 5.56 Å². The van der Waals surface area contributed by atoms with Crippen LogP contribution in [0.15, 0.2) is 35.0 Å². The number of carbonyl (C=O) groups excluding carboxylic acids is 1. The van der Waals surface area contributed by atoms with E-state index >= 15 is 0 Å². The molecule has 1 aromatic carbocycles. The molecule has 4 heteroatoms. The molecule has 0 saturated carbocycles. The van der Waals surface area contributed by atoms with Crippen molar-refractivity contribution in [1.29, 1.82) is 0 Å². The molecule has 0 fully saturated rings. The Bertz CT molecular complexity index is 564. The second kappa shape index (κ2) is 7.10. The zero-order valence-corrected chi connectivity index (χ0v) is 12.7. The molecule has 1 heterocycles. The number of hydrogen-bond acceptors (Lipinski definition) is 3. The molecule has 0 aliphatic heterocycles. The van der Waals surface area contributed by atoms with Gasteiger partial charge in [0.15, 0.2) is 0 Å². The van der Waals surface area contributed by atoms with E-state index in [0.717, 1.165) is 29.8 Å². The van der Waals surface area contributed by atoms with Crippen LogP contribution in [0.2, 0.25) is 0 Å². The highest BCUT2D eigenvalue weighted by molar-refractivity contribution is 7.07. The topological polar surface area (TPSA) is 41.1 Å². The Hall–Kier alpha value is -1.81. The molecule has 3 nitrogen and oxygen atoms in total. The lowest BCUT2D eigenvalue weighted by Crippen LogP contribution is -2.26. The maximum Gasteiger partial charge on any atom is 0.253 e. The Morgan fingerprint density at radius 2 is 2.15 bits per heavy atom. The number of carbonyl (C=O) groups is 1. The predicted octanol–water partition coefficient (Wildman–Crippen LogP) is 3.46. The monoisotopic (exact) mass is 288 g/mol. The highest BCUT2D eigenvalue weighted by Gasteiger charge is 2.10. The summed E-state index contributed by atoms with van der Waals surface area (Å²) in [6, 6.07) is 8.00. The van der Waals surface area contributed by atoms with Crippen LogP contribution in [0.4, 0.5) is 5.69 Å². The fourth-order valence-corrected chi connectivity index (χ4v) is 2.74. The van der Waals surface area contributed by atoms with Crippen molar-refractivity contribution in [2.45, 2.75) is 20.3 Å². The summed E-state index contributed by atoms with van der Waals surface area (Å²) in [7, 11) is 0. The van der Waals surface area contributed by atoms with Gasteiger partial charge in [-0.2, -0.15) is 11.3 Å². The summed E-state index contributed by atoms with van der Waals surface area (Å²) >= 11 is 1.68. The number of anilines is 1. The first-order valence-corrected chi connectivity index (χ1v) is 7.78. The first kappa shape index (κ1) is 14.6. The highest BCUT2D eigenvalue weighted by Crippen LogP contribution is 2.17. The Balaban J connectivity index is 1.99. The van der Waals surface area contributed by atoms with E-state index in [-0.39, 0.29) is 5.91 Å². The third-order valence-corrected chi connectivity index (χ3v) is 3.80. The largest absolute Gasteiger partial charge is 0.385 e. The van der Waals surface area contributed by atoms with E-state index in [0.29, 0.717) is 6.54 Å². The SMILES string of the molecule is CCNc1ccc(C)cc1C(=O)NCCc1ccsc1. The van der Waals surface area contributed by atoms with Gasteiger partial charge in [0.25, 0.3) is 5.91 Å². The van der Waals surface area contributed by atoms with Crippen LogP contribution < -0.4 is 10.6 Å². The number of thiophene rings is 1. The summed E-state index contributed by atoms with van der Waals surface area (Å²) in [5.74, 6) is -0.0140. The maximum atomic E-state index is 12.3.